The highest BCUT2D eigenvalue weighted by Crippen LogP contribution is 2.36. The van der Waals surface area contributed by atoms with E-state index < -0.39 is 40.3 Å². The summed E-state index contributed by atoms with van der Waals surface area (Å²) in [5.74, 6) is -2.70. The molecule has 0 spiro atoms. The fourth-order valence-electron chi connectivity index (χ4n) is 1.43. The molecule has 2 amide bonds. The van der Waals surface area contributed by atoms with Gasteiger partial charge in [0.1, 0.15) is 0 Å². The van der Waals surface area contributed by atoms with Gasteiger partial charge in [0.05, 0.1) is 10.6 Å². The highest BCUT2D eigenvalue weighted by molar-refractivity contribution is 6.32. The molecule has 0 heterocycles. The third-order valence-corrected chi connectivity index (χ3v) is 2.70. The molecule has 1 aromatic carbocycles. The number of benzene rings is 1. The third kappa shape index (κ3) is 5.44. The number of carbonyl (C=O) groups excluding carboxylic acids is 1. The van der Waals surface area contributed by atoms with Crippen molar-refractivity contribution in [3.8, 4) is 5.75 Å². The van der Waals surface area contributed by atoms with Crippen LogP contribution >= 0.6 is 11.6 Å². The fraction of sp³-hybridized carbons (Fsp3) is 0.231. The second-order valence-corrected chi connectivity index (χ2v) is 4.67. The lowest BCUT2D eigenvalue weighted by Crippen LogP contribution is -2.31. The maximum Gasteiger partial charge on any atom is 0.416 e. The first-order valence-corrected chi connectivity index (χ1v) is 6.42. The van der Waals surface area contributed by atoms with E-state index in [1.54, 1.807) is 0 Å². The molecule has 0 aliphatic carbocycles. The summed E-state index contributed by atoms with van der Waals surface area (Å²) in [6.07, 6.45) is -3.73. The van der Waals surface area contributed by atoms with Gasteiger partial charge >= 0.3 is 12.2 Å². The molecule has 0 saturated heterocycles. The summed E-state index contributed by atoms with van der Waals surface area (Å²) in [6, 6.07) is 0.158. The monoisotopic (exact) mass is 353 g/mol. The molecule has 1 rings (SSSR count). The molecule has 0 fully saturated rings. The van der Waals surface area contributed by atoms with Crippen LogP contribution in [0.5, 0.6) is 5.75 Å². The van der Waals surface area contributed by atoms with Crippen LogP contribution in [0.3, 0.4) is 0 Å². The van der Waals surface area contributed by atoms with Gasteiger partial charge in [0.15, 0.2) is 11.6 Å². The number of amides is 2. The Bertz CT molecular complexity index is 636. The Kier molecular flexibility index (Phi) is 5.97. The first-order valence-electron chi connectivity index (χ1n) is 6.04. The van der Waals surface area contributed by atoms with Crippen LogP contribution in [0.25, 0.3) is 0 Å². The number of carbonyl (C=O) groups is 1. The van der Waals surface area contributed by atoms with E-state index in [1.807, 2.05) is 0 Å². The SMILES string of the molecule is CNC(=O)N/C(C)=C\C(=N)Oc1c(F)cc(C(F)(F)F)cc1Cl. The van der Waals surface area contributed by atoms with E-state index in [1.165, 1.54) is 14.0 Å². The van der Waals surface area contributed by atoms with E-state index in [9.17, 15) is 22.4 Å². The van der Waals surface area contributed by atoms with Crippen LogP contribution in [0, 0.1) is 11.2 Å². The molecule has 0 radical (unpaired) electrons. The van der Waals surface area contributed by atoms with Crippen molar-refractivity contribution < 1.29 is 27.1 Å². The molecule has 0 bridgehead atoms. The third-order valence-electron chi connectivity index (χ3n) is 2.42. The highest BCUT2D eigenvalue weighted by Gasteiger charge is 2.32. The van der Waals surface area contributed by atoms with E-state index in [0.717, 1.165) is 6.08 Å². The maximum absolute atomic E-state index is 13.7. The van der Waals surface area contributed by atoms with Crippen molar-refractivity contribution in [3.63, 3.8) is 0 Å². The van der Waals surface area contributed by atoms with Gasteiger partial charge in [0.25, 0.3) is 0 Å². The molecule has 0 aromatic heterocycles. The number of hydrogen-bond acceptors (Lipinski definition) is 3. The van der Waals surface area contributed by atoms with Gasteiger partial charge in [-0.15, -0.1) is 0 Å². The number of hydrogen-bond donors (Lipinski definition) is 3. The topological polar surface area (TPSA) is 74.2 Å². The minimum Gasteiger partial charge on any atom is -0.435 e. The van der Waals surface area contributed by atoms with E-state index in [4.69, 9.17) is 21.7 Å². The first kappa shape index (κ1) is 18.8. The van der Waals surface area contributed by atoms with Crippen molar-refractivity contribution in [1.29, 1.82) is 5.41 Å². The summed E-state index contributed by atoms with van der Waals surface area (Å²) >= 11 is 5.57. The standard InChI is InChI=1S/C13H12ClF4N3O2/c1-6(21-12(22)20-2)3-10(19)23-11-8(14)4-7(5-9(11)15)13(16,17)18/h3-5,19H,1-2H3,(H2,20,21,22)/b6-3-,19-10?. The summed E-state index contributed by atoms with van der Waals surface area (Å²) in [5, 5.41) is 11.5. The van der Waals surface area contributed by atoms with E-state index in [0.29, 0.717) is 6.07 Å². The molecule has 126 valence electrons. The predicted molar refractivity (Wildman–Crippen MR) is 76.1 cm³/mol. The number of urea groups is 1. The Balaban J connectivity index is 2.95. The van der Waals surface area contributed by atoms with E-state index in [-0.39, 0.29) is 11.8 Å². The average Bonchev–Trinajstić information content (AvgIpc) is 2.41. The van der Waals surface area contributed by atoms with Crippen molar-refractivity contribution in [2.75, 3.05) is 7.05 Å². The van der Waals surface area contributed by atoms with Crippen LogP contribution in [0.15, 0.2) is 23.9 Å². The van der Waals surface area contributed by atoms with Crippen LogP contribution < -0.4 is 15.4 Å². The van der Waals surface area contributed by atoms with E-state index >= 15 is 0 Å². The zero-order chi connectivity index (χ0) is 17.8. The Hall–Kier alpha value is -2.29. The normalized spacial score (nSPS) is 11.9. The number of nitrogens with one attached hydrogen (secondary N) is 3. The quantitative estimate of drug-likeness (QED) is 0.440. The molecule has 5 nitrogen and oxygen atoms in total. The zero-order valence-electron chi connectivity index (χ0n) is 11.9. The Morgan fingerprint density at radius 2 is 2.00 bits per heavy atom. The van der Waals surface area contributed by atoms with Crippen molar-refractivity contribution in [2.45, 2.75) is 13.1 Å². The number of alkyl halides is 3. The number of halogens is 5. The Morgan fingerprint density at radius 3 is 2.48 bits per heavy atom. The van der Waals surface area contributed by atoms with Crippen LogP contribution in [-0.2, 0) is 6.18 Å². The lowest BCUT2D eigenvalue weighted by atomic mass is 10.2. The second kappa shape index (κ2) is 7.32. The first-order chi connectivity index (χ1) is 10.5. The number of allylic oxidation sites excluding steroid dienone is 1. The predicted octanol–water partition coefficient (Wildman–Crippen LogP) is 3.69. The van der Waals surface area contributed by atoms with Gasteiger partial charge in [-0.3, -0.25) is 5.41 Å². The largest absolute Gasteiger partial charge is 0.435 e. The molecular weight excluding hydrogens is 342 g/mol. The average molecular weight is 354 g/mol. The molecule has 3 N–H and O–H groups in total. The van der Waals surface area contributed by atoms with Crippen molar-refractivity contribution in [1.82, 2.24) is 10.6 Å². The molecule has 23 heavy (non-hydrogen) atoms. The van der Waals surface area contributed by atoms with Gasteiger partial charge in [0, 0.05) is 18.8 Å². The Labute approximate surface area is 133 Å². The fourth-order valence-corrected chi connectivity index (χ4v) is 1.68. The zero-order valence-corrected chi connectivity index (χ0v) is 12.7. The summed E-state index contributed by atoms with van der Waals surface area (Å²) in [5.41, 5.74) is -1.08. The smallest absolute Gasteiger partial charge is 0.416 e. The van der Waals surface area contributed by atoms with Crippen LogP contribution in [0.1, 0.15) is 12.5 Å². The van der Waals surface area contributed by atoms with Gasteiger partial charge in [-0.25, -0.2) is 9.18 Å². The summed E-state index contributed by atoms with van der Waals surface area (Å²) in [6.45, 7) is 1.43. The van der Waals surface area contributed by atoms with Gasteiger partial charge in [-0.2, -0.15) is 13.2 Å². The minimum absolute atomic E-state index is 0.192. The molecule has 0 aliphatic heterocycles. The molecular formula is C13H12ClF4N3O2. The molecule has 0 unspecified atom stereocenters. The minimum atomic E-state index is -4.76. The van der Waals surface area contributed by atoms with Gasteiger partial charge in [-0.05, 0) is 19.1 Å². The number of rotatable bonds is 3. The van der Waals surface area contributed by atoms with Gasteiger partial charge in [0.2, 0.25) is 5.90 Å². The lowest BCUT2D eigenvalue weighted by Gasteiger charge is -2.12. The Morgan fingerprint density at radius 1 is 1.39 bits per heavy atom. The molecule has 0 aliphatic rings. The summed E-state index contributed by atoms with van der Waals surface area (Å²) < 4.78 is 56.0. The van der Waals surface area contributed by atoms with Crippen molar-refractivity contribution in [2.24, 2.45) is 0 Å². The van der Waals surface area contributed by atoms with Gasteiger partial charge in [-0.1, -0.05) is 11.6 Å². The number of ether oxygens (including phenoxy) is 1. The lowest BCUT2D eigenvalue weighted by molar-refractivity contribution is -0.137. The van der Waals surface area contributed by atoms with Crippen LogP contribution in [0.2, 0.25) is 5.02 Å². The molecule has 0 atom stereocenters. The van der Waals surface area contributed by atoms with Gasteiger partial charge < -0.3 is 15.4 Å². The van der Waals surface area contributed by atoms with Crippen molar-refractivity contribution >= 4 is 23.5 Å². The maximum atomic E-state index is 13.7. The summed E-state index contributed by atoms with van der Waals surface area (Å²) in [7, 11) is 1.38. The van der Waals surface area contributed by atoms with E-state index in [2.05, 4.69) is 10.6 Å². The second-order valence-electron chi connectivity index (χ2n) is 4.26. The molecule has 0 saturated carbocycles. The van der Waals surface area contributed by atoms with Crippen LogP contribution in [0.4, 0.5) is 22.4 Å². The highest BCUT2D eigenvalue weighted by atomic mass is 35.5. The molecule has 1 aromatic rings. The van der Waals surface area contributed by atoms with Crippen LogP contribution in [-0.4, -0.2) is 19.0 Å². The summed E-state index contributed by atoms with van der Waals surface area (Å²) in [4.78, 5) is 11.0. The van der Waals surface area contributed by atoms with Crippen molar-refractivity contribution in [3.05, 3.63) is 40.3 Å². The molecule has 10 heteroatoms.